The number of carbonyl (C=O) groups excluding carboxylic acids is 2. The van der Waals surface area contributed by atoms with Crippen molar-refractivity contribution in [3.8, 4) is 5.75 Å². The average Bonchev–Trinajstić information content (AvgIpc) is 2.49. The first-order valence-corrected chi connectivity index (χ1v) is 6.65. The summed E-state index contributed by atoms with van der Waals surface area (Å²) >= 11 is 0. The molecule has 0 aliphatic heterocycles. The monoisotopic (exact) mass is 325 g/mol. The van der Waals surface area contributed by atoms with Gasteiger partial charge in [-0.05, 0) is 13.0 Å². The Hall–Kier alpha value is -2.77. The Balaban J connectivity index is 2.64. The summed E-state index contributed by atoms with van der Waals surface area (Å²) in [7, 11) is 0. The Kier molecular flexibility index (Phi) is 4.73. The maximum Gasteiger partial charge on any atom is 0.343 e. The van der Waals surface area contributed by atoms with Gasteiger partial charge in [-0.15, -0.1) is 0 Å². The van der Waals surface area contributed by atoms with E-state index in [1.54, 1.807) is 6.92 Å². The molecule has 0 amide bonds. The first-order chi connectivity index (χ1) is 10.9. The number of pyridine rings is 1. The van der Waals surface area contributed by atoms with Crippen molar-refractivity contribution in [2.45, 2.75) is 20.5 Å². The van der Waals surface area contributed by atoms with Gasteiger partial charge in [0.15, 0.2) is 11.6 Å². The molecule has 1 N–H and O–H groups in total. The highest BCUT2D eigenvalue weighted by Crippen LogP contribution is 2.32. The highest BCUT2D eigenvalue weighted by atomic mass is 19.2. The molecule has 0 saturated carbocycles. The van der Waals surface area contributed by atoms with Crippen LogP contribution in [0.2, 0.25) is 0 Å². The summed E-state index contributed by atoms with van der Waals surface area (Å²) in [5.41, 5.74) is -0.722. The molecular formula is C15H13F2NO5. The molecule has 2 aromatic rings. The number of nitrogens with zero attached hydrogens (tertiary/aromatic N) is 1. The van der Waals surface area contributed by atoms with Crippen LogP contribution in [0.1, 0.15) is 29.8 Å². The van der Waals surface area contributed by atoms with Crippen molar-refractivity contribution < 1.29 is 33.0 Å². The molecule has 23 heavy (non-hydrogen) atoms. The predicted molar refractivity (Wildman–Crippen MR) is 74.8 cm³/mol. The first kappa shape index (κ1) is 16.6. The molecular weight excluding hydrogens is 312 g/mol. The molecule has 0 aliphatic rings. The van der Waals surface area contributed by atoms with Crippen LogP contribution in [-0.4, -0.2) is 28.6 Å². The molecule has 2 rings (SSSR count). The van der Waals surface area contributed by atoms with E-state index in [0.717, 1.165) is 13.1 Å². The van der Waals surface area contributed by atoms with E-state index >= 15 is 0 Å². The van der Waals surface area contributed by atoms with E-state index in [9.17, 15) is 23.5 Å². The van der Waals surface area contributed by atoms with Gasteiger partial charge in [0, 0.05) is 18.5 Å². The molecule has 0 saturated heterocycles. The standard InChI is InChI=1S/C15H13F2NO5/c1-3-22-15(21)9-5-18-13-8(14(9)20)4-11(16)12(17)10(13)6-23-7(2)19/h4-5H,3,6H2,1-2H3,(H,18,20). The summed E-state index contributed by atoms with van der Waals surface area (Å²) in [6.45, 7) is 2.21. The topological polar surface area (TPSA) is 85.7 Å². The molecule has 0 atom stereocenters. The van der Waals surface area contributed by atoms with Gasteiger partial charge < -0.3 is 14.6 Å². The molecule has 0 spiro atoms. The Morgan fingerprint density at radius 1 is 1.30 bits per heavy atom. The van der Waals surface area contributed by atoms with Crippen molar-refractivity contribution in [1.29, 1.82) is 0 Å². The lowest BCUT2D eigenvalue weighted by Crippen LogP contribution is -2.08. The Morgan fingerprint density at radius 3 is 2.61 bits per heavy atom. The number of ether oxygens (including phenoxy) is 2. The zero-order valence-electron chi connectivity index (χ0n) is 12.4. The summed E-state index contributed by atoms with van der Waals surface area (Å²) in [4.78, 5) is 26.4. The lowest BCUT2D eigenvalue weighted by Gasteiger charge is -2.11. The smallest absolute Gasteiger partial charge is 0.343 e. The van der Waals surface area contributed by atoms with Crippen LogP contribution < -0.4 is 0 Å². The molecule has 6 nitrogen and oxygen atoms in total. The zero-order chi connectivity index (χ0) is 17.1. The number of benzene rings is 1. The predicted octanol–water partition coefficient (Wildman–Crippen LogP) is 2.46. The molecule has 1 aromatic heterocycles. The minimum Gasteiger partial charge on any atom is -0.506 e. The van der Waals surface area contributed by atoms with Gasteiger partial charge in [0.2, 0.25) is 0 Å². The van der Waals surface area contributed by atoms with Gasteiger partial charge in [-0.3, -0.25) is 9.78 Å². The third kappa shape index (κ3) is 3.20. The summed E-state index contributed by atoms with van der Waals surface area (Å²) < 4.78 is 37.1. The van der Waals surface area contributed by atoms with E-state index in [4.69, 9.17) is 4.74 Å². The van der Waals surface area contributed by atoms with Crippen LogP contribution >= 0.6 is 0 Å². The number of aromatic hydroxyl groups is 1. The van der Waals surface area contributed by atoms with Gasteiger partial charge in [0.05, 0.1) is 17.7 Å². The lowest BCUT2D eigenvalue weighted by atomic mass is 10.1. The second kappa shape index (κ2) is 6.55. The Morgan fingerprint density at radius 2 is 2.00 bits per heavy atom. The van der Waals surface area contributed by atoms with Crippen LogP contribution in [0.3, 0.4) is 0 Å². The quantitative estimate of drug-likeness (QED) is 0.869. The zero-order valence-corrected chi connectivity index (χ0v) is 12.4. The molecule has 0 radical (unpaired) electrons. The van der Waals surface area contributed by atoms with E-state index in [-0.39, 0.29) is 28.6 Å². The summed E-state index contributed by atoms with van der Waals surface area (Å²) in [6, 6.07) is 0.715. The molecule has 0 bridgehead atoms. The maximum atomic E-state index is 13.9. The Bertz CT molecular complexity index is 791. The summed E-state index contributed by atoms with van der Waals surface area (Å²) in [5.74, 6) is -4.62. The average molecular weight is 325 g/mol. The molecule has 8 heteroatoms. The number of hydrogen-bond acceptors (Lipinski definition) is 6. The van der Waals surface area contributed by atoms with Gasteiger partial charge in [0.25, 0.3) is 0 Å². The van der Waals surface area contributed by atoms with Gasteiger partial charge in [-0.1, -0.05) is 0 Å². The van der Waals surface area contributed by atoms with Crippen LogP contribution in [0.25, 0.3) is 10.9 Å². The van der Waals surface area contributed by atoms with E-state index in [1.807, 2.05) is 0 Å². The molecule has 122 valence electrons. The lowest BCUT2D eigenvalue weighted by molar-refractivity contribution is -0.142. The van der Waals surface area contributed by atoms with E-state index in [0.29, 0.717) is 6.07 Å². The largest absolute Gasteiger partial charge is 0.506 e. The number of halogens is 2. The van der Waals surface area contributed by atoms with Crippen LogP contribution in [0.15, 0.2) is 12.3 Å². The summed E-state index contributed by atoms with van der Waals surface area (Å²) in [6.07, 6.45) is 0.990. The second-order valence-corrected chi connectivity index (χ2v) is 4.57. The number of hydrogen-bond donors (Lipinski definition) is 1. The molecule has 0 aliphatic carbocycles. The van der Waals surface area contributed by atoms with E-state index in [1.165, 1.54) is 0 Å². The second-order valence-electron chi connectivity index (χ2n) is 4.57. The van der Waals surface area contributed by atoms with Crippen molar-refractivity contribution >= 4 is 22.8 Å². The molecule has 1 heterocycles. The highest BCUT2D eigenvalue weighted by molar-refractivity contribution is 6.00. The van der Waals surface area contributed by atoms with Gasteiger partial charge >= 0.3 is 11.9 Å². The number of esters is 2. The van der Waals surface area contributed by atoms with Crippen LogP contribution in [0.5, 0.6) is 5.75 Å². The van der Waals surface area contributed by atoms with Crippen molar-refractivity contribution in [2.24, 2.45) is 0 Å². The van der Waals surface area contributed by atoms with Crippen LogP contribution in [0, 0.1) is 11.6 Å². The summed E-state index contributed by atoms with van der Waals surface area (Å²) in [5, 5.41) is 9.94. The third-order valence-electron chi connectivity index (χ3n) is 3.03. The maximum absolute atomic E-state index is 13.9. The molecule has 1 aromatic carbocycles. The first-order valence-electron chi connectivity index (χ1n) is 6.65. The molecule has 0 fully saturated rings. The van der Waals surface area contributed by atoms with Gasteiger partial charge in [-0.25, -0.2) is 13.6 Å². The fourth-order valence-corrected chi connectivity index (χ4v) is 2.00. The van der Waals surface area contributed by atoms with Crippen LogP contribution in [-0.2, 0) is 20.9 Å². The fraction of sp³-hybridized carbons (Fsp3) is 0.267. The van der Waals surface area contributed by atoms with Crippen LogP contribution in [0.4, 0.5) is 8.78 Å². The molecule has 0 unspecified atom stereocenters. The van der Waals surface area contributed by atoms with E-state index in [2.05, 4.69) is 9.72 Å². The van der Waals surface area contributed by atoms with Gasteiger partial charge in [-0.2, -0.15) is 0 Å². The highest BCUT2D eigenvalue weighted by Gasteiger charge is 2.22. The van der Waals surface area contributed by atoms with Crippen molar-refractivity contribution in [3.63, 3.8) is 0 Å². The van der Waals surface area contributed by atoms with Crippen molar-refractivity contribution in [3.05, 3.63) is 35.0 Å². The fourth-order valence-electron chi connectivity index (χ4n) is 2.00. The van der Waals surface area contributed by atoms with Crippen molar-refractivity contribution in [1.82, 2.24) is 4.98 Å². The number of rotatable bonds is 4. The number of aromatic nitrogens is 1. The van der Waals surface area contributed by atoms with Gasteiger partial charge in [0.1, 0.15) is 17.9 Å². The third-order valence-corrected chi connectivity index (χ3v) is 3.03. The van der Waals surface area contributed by atoms with Crippen molar-refractivity contribution in [2.75, 3.05) is 6.61 Å². The minimum atomic E-state index is -1.27. The minimum absolute atomic E-state index is 0.0752. The number of carbonyl (C=O) groups is 2. The SMILES string of the molecule is CCOC(=O)c1cnc2c(COC(C)=O)c(F)c(F)cc2c1O. The normalized spacial score (nSPS) is 10.6. The van der Waals surface area contributed by atoms with E-state index < -0.39 is 35.9 Å². The number of fused-ring (bicyclic) bond motifs is 1. The Labute approximate surface area is 129 Å².